The highest BCUT2D eigenvalue weighted by Gasteiger charge is 2.32. The Balaban J connectivity index is 1.84. The molecule has 0 radical (unpaired) electrons. The van der Waals surface area contributed by atoms with Crippen LogP contribution in [0.4, 0.5) is 10.5 Å². The lowest BCUT2D eigenvalue weighted by molar-refractivity contribution is 0.185. The van der Waals surface area contributed by atoms with Crippen LogP contribution in [0.2, 0.25) is 0 Å². The van der Waals surface area contributed by atoms with Gasteiger partial charge in [0.15, 0.2) is 5.82 Å². The van der Waals surface area contributed by atoms with E-state index in [9.17, 15) is 4.79 Å². The largest absolute Gasteiger partial charge is 0.395 e. The van der Waals surface area contributed by atoms with E-state index in [-0.39, 0.29) is 18.7 Å². The summed E-state index contributed by atoms with van der Waals surface area (Å²) in [6.45, 7) is 3.09. The topological polar surface area (TPSA) is 83.3 Å². The SMILES string of the molecule is CCn1cnnc1-c1ccccc1NC(=O)N(CCO)C1CC1. The molecule has 1 aliphatic rings. The number of nitrogens with one attached hydrogen (secondary N) is 1. The summed E-state index contributed by atoms with van der Waals surface area (Å²) in [5.41, 5.74) is 1.53. The van der Waals surface area contributed by atoms with E-state index in [1.165, 1.54) is 0 Å². The van der Waals surface area contributed by atoms with Crippen molar-refractivity contribution in [2.24, 2.45) is 0 Å². The molecule has 7 heteroatoms. The van der Waals surface area contributed by atoms with E-state index in [4.69, 9.17) is 5.11 Å². The number of carbonyl (C=O) groups is 1. The van der Waals surface area contributed by atoms with Crippen molar-refractivity contribution in [3.05, 3.63) is 30.6 Å². The first-order valence-corrected chi connectivity index (χ1v) is 7.90. The molecule has 7 nitrogen and oxygen atoms in total. The molecule has 1 aromatic carbocycles. The Morgan fingerprint density at radius 2 is 2.22 bits per heavy atom. The minimum absolute atomic E-state index is 0.0320. The number of hydrogen-bond donors (Lipinski definition) is 2. The van der Waals surface area contributed by atoms with Crippen LogP contribution < -0.4 is 5.32 Å². The average molecular weight is 315 g/mol. The molecule has 122 valence electrons. The molecule has 0 saturated heterocycles. The lowest BCUT2D eigenvalue weighted by atomic mass is 10.1. The molecule has 1 saturated carbocycles. The van der Waals surface area contributed by atoms with Crippen molar-refractivity contribution in [2.75, 3.05) is 18.5 Å². The van der Waals surface area contributed by atoms with Gasteiger partial charge in [-0.2, -0.15) is 0 Å². The standard InChI is InChI=1S/C16H21N5O2/c1-2-20-11-17-19-15(20)13-5-3-4-6-14(13)18-16(23)21(9-10-22)12-7-8-12/h3-6,11-12,22H,2,7-10H2,1H3,(H,18,23). The lowest BCUT2D eigenvalue weighted by Crippen LogP contribution is -2.38. The van der Waals surface area contributed by atoms with Crippen molar-refractivity contribution in [2.45, 2.75) is 32.4 Å². The molecule has 0 spiro atoms. The van der Waals surface area contributed by atoms with Gasteiger partial charge in [0.05, 0.1) is 12.3 Å². The summed E-state index contributed by atoms with van der Waals surface area (Å²) < 4.78 is 1.93. The highest BCUT2D eigenvalue weighted by molar-refractivity contribution is 5.94. The molecule has 0 atom stereocenters. The van der Waals surface area contributed by atoms with Crippen LogP contribution in [0.1, 0.15) is 19.8 Å². The number of para-hydroxylation sites is 1. The summed E-state index contributed by atoms with van der Waals surface area (Å²) in [6.07, 6.45) is 3.68. The van der Waals surface area contributed by atoms with Gasteiger partial charge in [0.25, 0.3) is 0 Å². The van der Waals surface area contributed by atoms with Crippen LogP contribution in [0.3, 0.4) is 0 Å². The quantitative estimate of drug-likeness (QED) is 0.853. The Morgan fingerprint density at radius 1 is 1.43 bits per heavy atom. The van der Waals surface area contributed by atoms with Gasteiger partial charge in [-0.3, -0.25) is 0 Å². The fourth-order valence-corrected chi connectivity index (χ4v) is 2.61. The van der Waals surface area contributed by atoms with Gasteiger partial charge in [-0.25, -0.2) is 4.79 Å². The van der Waals surface area contributed by atoms with Crippen LogP contribution in [0, 0.1) is 0 Å². The maximum atomic E-state index is 12.5. The van der Waals surface area contributed by atoms with Crippen molar-refractivity contribution in [1.29, 1.82) is 0 Å². The van der Waals surface area contributed by atoms with E-state index in [1.54, 1.807) is 11.2 Å². The molecule has 0 bridgehead atoms. The number of rotatable bonds is 6. The second-order valence-corrected chi connectivity index (χ2v) is 5.56. The van der Waals surface area contributed by atoms with Crippen LogP contribution in [0.15, 0.2) is 30.6 Å². The van der Waals surface area contributed by atoms with Crippen LogP contribution in [-0.2, 0) is 6.54 Å². The van der Waals surface area contributed by atoms with Gasteiger partial charge >= 0.3 is 6.03 Å². The van der Waals surface area contributed by atoms with Gasteiger partial charge < -0.3 is 19.9 Å². The molecule has 1 fully saturated rings. The molecular weight excluding hydrogens is 294 g/mol. The van der Waals surface area contributed by atoms with Gasteiger partial charge in [0.1, 0.15) is 6.33 Å². The zero-order chi connectivity index (χ0) is 16.2. The highest BCUT2D eigenvalue weighted by Crippen LogP contribution is 2.29. The minimum Gasteiger partial charge on any atom is -0.395 e. The molecule has 2 amide bonds. The third-order valence-corrected chi connectivity index (χ3v) is 3.96. The molecule has 3 rings (SSSR count). The van der Waals surface area contributed by atoms with Crippen molar-refractivity contribution in [3.63, 3.8) is 0 Å². The van der Waals surface area contributed by atoms with Crippen molar-refractivity contribution < 1.29 is 9.90 Å². The van der Waals surface area contributed by atoms with E-state index in [0.29, 0.717) is 12.2 Å². The summed E-state index contributed by atoms with van der Waals surface area (Å²) in [4.78, 5) is 14.2. The van der Waals surface area contributed by atoms with Crippen molar-refractivity contribution in [3.8, 4) is 11.4 Å². The first kappa shape index (κ1) is 15.5. The van der Waals surface area contributed by atoms with E-state index in [1.807, 2.05) is 35.8 Å². The van der Waals surface area contributed by atoms with E-state index >= 15 is 0 Å². The summed E-state index contributed by atoms with van der Waals surface area (Å²) in [5.74, 6) is 0.725. The number of hydrogen-bond acceptors (Lipinski definition) is 4. The Labute approximate surface area is 134 Å². The zero-order valence-electron chi connectivity index (χ0n) is 13.1. The first-order chi connectivity index (χ1) is 11.2. The van der Waals surface area contributed by atoms with Crippen LogP contribution >= 0.6 is 0 Å². The molecule has 23 heavy (non-hydrogen) atoms. The Hall–Kier alpha value is -2.41. The summed E-state index contributed by atoms with van der Waals surface area (Å²) in [6, 6.07) is 7.61. The highest BCUT2D eigenvalue weighted by atomic mass is 16.3. The Bertz CT molecular complexity index is 681. The van der Waals surface area contributed by atoms with Gasteiger partial charge in [-0.05, 0) is 31.9 Å². The number of aliphatic hydroxyl groups is 1. The molecule has 1 heterocycles. The maximum Gasteiger partial charge on any atom is 0.322 e. The van der Waals surface area contributed by atoms with E-state index < -0.39 is 0 Å². The number of nitrogens with zero attached hydrogens (tertiary/aromatic N) is 4. The second-order valence-electron chi connectivity index (χ2n) is 5.56. The van der Waals surface area contributed by atoms with Crippen LogP contribution in [0.5, 0.6) is 0 Å². The maximum absolute atomic E-state index is 12.5. The second kappa shape index (κ2) is 6.78. The fourth-order valence-electron chi connectivity index (χ4n) is 2.61. The molecule has 0 unspecified atom stereocenters. The third kappa shape index (κ3) is 3.34. The molecule has 2 N–H and O–H groups in total. The van der Waals surface area contributed by atoms with Crippen molar-refractivity contribution >= 4 is 11.7 Å². The predicted molar refractivity (Wildman–Crippen MR) is 87.0 cm³/mol. The van der Waals surface area contributed by atoms with Gasteiger partial charge in [0, 0.05) is 24.7 Å². The number of amides is 2. The zero-order valence-corrected chi connectivity index (χ0v) is 13.1. The fraction of sp³-hybridized carbons (Fsp3) is 0.438. The predicted octanol–water partition coefficient (Wildman–Crippen LogP) is 1.95. The summed E-state index contributed by atoms with van der Waals surface area (Å²) in [7, 11) is 0. The normalized spacial score (nSPS) is 13.8. The number of urea groups is 1. The number of aliphatic hydroxyl groups excluding tert-OH is 1. The monoisotopic (exact) mass is 315 g/mol. The number of aryl methyl sites for hydroxylation is 1. The average Bonchev–Trinajstić information content (AvgIpc) is 3.29. The van der Waals surface area contributed by atoms with E-state index in [2.05, 4.69) is 15.5 Å². The number of benzene rings is 1. The molecule has 1 aromatic heterocycles. The van der Waals surface area contributed by atoms with E-state index in [0.717, 1.165) is 30.8 Å². The minimum atomic E-state index is -0.184. The molecule has 0 aliphatic heterocycles. The smallest absolute Gasteiger partial charge is 0.322 e. The lowest BCUT2D eigenvalue weighted by Gasteiger charge is -2.22. The summed E-state index contributed by atoms with van der Waals surface area (Å²) in [5, 5.41) is 20.2. The molecular formula is C16H21N5O2. The Kier molecular flexibility index (Phi) is 4.57. The molecule has 1 aliphatic carbocycles. The number of carbonyl (C=O) groups excluding carboxylic acids is 1. The number of aromatic nitrogens is 3. The van der Waals surface area contributed by atoms with Crippen LogP contribution in [0.25, 0.3) is 11.4 Å². The Morgan fingerprint density at radius 3 is 2.91 bits per heavy atom. The van der Waals surface area contributed by atoms with Gasteiger partial charge in [-0.15, -0.1) is 10.2 Å². The summed E-state index contributed by atoms with van der Waals surface area (Å²) >= 11 is 0. The van der Waals surface area contributed by atoms with Crippen molar-refractivity contribution in [1.82, 2.24) is 19.7 Å². The van der Waals surface area contributed by atoms with Crippen LogP contribution in [-0.4, -0.2) is 50.0 Å². The van der Waals surface area contributed by atoms with Gasteiger partial charge in [-0.1, -0.05) is 12.1 Å². The number of anilines is 1. The molecule has 2 aromatic rings. The third-order valence-electron chi connectivity index (χ3n) is 3.96. The first-order valence-electron chi connectivity index (χ1n) is 7.90. The van der Waals surface area contributed by atoms with Gasteiger partial charge in [0.2, 0.25) is 0 Å².